The van der Waals surface area contributed by atoms with E-state index in [1.54, 1.807) is 88.2 Å². The smallest absolute Gasteiger partial charge is 0.00630 e. The van der Waals surface area contributed by atoms with E-state index in [4.69, 9.17) is 0 Å². The van der Waals surface area contributed by atoms with Crippen molar-refractivity contribution < 1.29 is 0 Å². The van der Waals surface area contributed by atoms with E-state index in [9.17, 15) is 0 Å². The SMILES string of the molecule is CC(C)(C)c1cccc(CP(C23CC4CC(CC(C4)C2)C3)C23CC4CC(CC(C4)C2)C3)c1. The lowest BCUT2D eigenvalue weighted by Gasteiger charge is -2.67. The van der Waals surface area contributed by atoms with Crippen molar-refractivity contribution in [1.82, 2.24) is 0 Å². The van der Waals surface area contributed by atoms with E-state index >= 15 is 0 Å². The Bertz CT molecular complexity index is 773. The molecule has 8 aliphatic rings. The average Bonchev–Trinajstić information content (AvgIpc) is 2.69. The van der Waals surface area contributed by atoms with Gasteiger partial charge in [0.15, 0.2) is 0 Å². The Labute approximate surface area is 198 Å². The van der Waals surface area contributed by atoms with E-state index < -0.39 is 0 Å². The van der Waals surface area contributed by atoms with Crippen molar-refractivity contribution >= 4 is 7.92 Å². The van der Waals surface area contributed by atoms with Gasteiger partial charge in [0.1, 0.15) is 0 Å². The Hall–Kier alpha value is -0.350. The van der Waals surface area contributed by atoms with Gasteiger partial charge in [0.2, 0.25) is 0 Å². The molecule has 0 unspecified atom stereocenters. The highest BCUT2D eigenvalue weighted by atomic mass is 31.1. The number of rotatable bonds is 4. The van der Waals surface area contributed by atoms with Gasteiger partial charge in [0.25, 0.3) is 0 Å². The maximum atomic E-state index is 2.64. The third-order valence-electron chi connectivity index (χ3n) is 11.3. The molecule has 0 N–H and O–H groups in total. The molecular formula is C31H45P. The molecule has 1 aromatic carbocycles. The second-order valence-corrected chi connectivity index (χ2v) is 17.9. The Kier molecular flexibility index (Phi) is 4.65. The van der Waals surface area contributed by atoms with E-state index in [-0.39, 0.29) is 13.3 Å². The van der Waals surface area contributed by atoms with Crippen LogP contribution >= 0.6 is 7.92 Å². The van der Waals surface area contributed by atoms with E-state index in [1.807, 2.05) is 0 Å². The van der Waals surface area contributed by atoms with Crippen molar-refractivity contribution in [1.29, 1.82) is 0 Å². The van der Waals surface area contributed by atoms with Gasteiger partial charge in [-0.3, -0.25) is 0 Å². The third-order valence-corrected chi connectivity index (χ3v) is 15.4. The monoisotopic (exact) mass is 448 g/mol. The summed E-state index contributed by atoms with van der Waals surface area (Å²) < 4.78 is 0. The lowest BCUT2D eigenvalue weighted by molar-refractivity contribution is 0.0184. The van der Waals surface area contributed by atoms with Crippen molar-refractivity contribution in [3.05, 3.63) is 35.4 Å². The number of hydrogen-bond donors (Lipinski definition) is 0. The molecule has 8 saturated carbocycles. The Morgan fingerprint density at radius 2 is 1.09 bits per heavy atom. The highest BCUT2D eigenvalue weighted by molar-refractivity contribution is 7.60. The van der Waals surface area contributed by atoms with Crippen molar-refractivity contribution in [3.63, 3.8) is 0 Å². The van der Waals surface area contributed by atoms with E-state index in [0.717, 1.165) is 45.8 Å². The molecule has 174 valence electrons. The summed E-state index contributed by atoms with van der Waals surface area (Å²) in [4.78, 5) is 0. The van der Waals surface area contributed by atoms with Crippen LogP contribution in [0.5, 0.6) is 0 Å². The Morgan fingerprint density at radius 1 is 0.688 bits per heavy atom. The lowest BCUT2D eigenvalue weighted by atomic mass is 9.55. The Morgan fingerprint density at radius 3 is 1.47 bits per heavy atom. The Balaban J connectivity index is 1.29. The van der Waals surface area contributed by atoms with Crippen LogP contribution in [0.25, 0.3) is 0 Å². The van der Waals surface area contributed by atoms with E-state index in [0.29, 0.717) is 0 Å². The van der Waals surface area contributed by atoms with Crippen LogP contribution in [0.15, 0.2) is 24.3 Å². The molecule has 0 aromatic heterocycles. The van der Waals surface area contributed by atoms with Crippen LogP contribution in [0.1, 0.15) is 109 Å². The van der Waals surface area contributed by atoms with Crippen molar-refractivity contribution in [2.75, 3.05) is 0 Å². The molecule has 8 bridgehead atoms. The normalized spacial score (nSPS) is 47.2. The average molecular weight is 449 g/mol. The number of hydrogen-bond acceptors (Lipinski definition) is 0. The van der Waals surface area contributed by atoms with Gasteiger partial charge >= 0.3 is 0 Å². The van der Waals surface area contributed by atoms with Crippen LogP contribution in [-0.4, -0.2) is 10.3 Å². The molecule has 0 amide bonds. The van der Waals surface area contributed by atoms with Crippen LogP contribution in [-0.2, 0) is 11.6 Å². The largest absolute Gasteiger partial charge is 0.0894 e. The minimum atomic E-state index is 0.0666. The molecule has 0 saturated heterocycles. The van der Waals surface area contributed by atoms with Gasteiger partial charge in [0.05, 0.1) is 0 Å². The summed E-state index contributed by atoms with van der Waals surface area (Å²) >= 11 is 0. The third kappa shape index (κ3) is 3.32. The summed E-state index contributed by atoms with van der Waals surface area (Å²) in [6, 6.07) is 9.94. The first-order chi connectivity index (χ1) is 15.3. The number of benzene rings is 1. The van der Waals surface area contributed by atoms with Gasteiger partial charge in [-0.2, -0.15) is 0 Å². The zero-order chi connectivity index (χ0) is 21.7. The molecular weight excluding hydrogens is 403 g/mol. The maximum absolute atomic E-state index is 2.64. The second kappa shape index (κ2) is 7.09. The van der Waals surface area contributed by atoms with Crippen LogP contribution in [0.4, 0.5) is 0 Å². The summed E-state index contributed by atoms with van der Waals surface area (Å²) in [6.07, 6.45) is 20.8. The zero-order valence-electron chi connectivity index (χ0n) is 20.9. The minimum absolute atomic E-state index is 0.0666. The first-order valence-electron chi connectivity index (χ1n) is 14.2. The first kappa shape index (κ1) is 21.0. The maximum Gasteiger partial charge on any atom is -0.00630 e. The lowest BCUT2D eigenvalue weighted by Crippen LogP contribution is -2.56. The molecule has 0 spiro atoms. The van der Waals surface area contributed by atoms with Gasteiger partial charge in [0, 0.05) is 0 Å². The highest BCUT2D eigenvalue weighted by Crippen LogP contribution is 2.79. The van der Waals surface area contributed by atoms with Crippen molar-refractivity contribution in [2.24, 2.45) is 35.5 Å². The summed E-state index contributed by atoms with van der Waals surface area (Å²) in [5.74, 6) is 6.59. The van der Waals surface area contributed by atoms with Gasteiger partial charge in [-0.15, -0.1) is 0 Å². The summed E-state index contributed by atoms with van der Waals surface area (Å²) in [5.41, 5.74) is 3.52. The quantitative estimate of drug-likeness (QED) is 0.403. The predicted octanol–water partition coefficient (Wildman–Crippen LogP) is 8.90. The predicted molar refractivity (Wildman–Crippen MR) is 138 cm³/mol. The molecule has 1 heteroatoms. The van der Waals surface area contributed by atoms with Gasteiger partial charge in [-0.05, 0) is 146 Å². The molecule has 0 nitrogen and oxygen atoms in total. The van der Waals surface area contributed by atoms with Gasteiger partial charge in [-0.1, -0.05) is 53.0 Å². The van der Waals surface area contributed by atoms with Crippen LogP contribution in [0.2, 0.25) is 0 Å². The summed E-state index contributed by atoms with van der Waals surface area (Å²) in [7, 11) is 0.0666. The fraction of sp³-hybridized carbons (Fsp3) is 0.806. The molecule has 0 heterocycles. The molecule has 0 atom stereocenters. The van der Waals surface area contributed by atoms with E-state index in [1.165, 1.54) is 6.16 Å². The summed E-state index contributed by atoms with van der Waals surface area (Å²) in [6.45, 7) is 7.19. The fourth-order valence-electron chi connectivity index (χ4n) is 10.9. The molecule has 1 aromatic rings. The first-order valence-corrected chi connectivity index (χ1v) is 15.7. The molecule has 8 fully saturated rings. The molecule has 8 aliphatic carbocycles. The van der Waals surface area contributed by atoms with E-state index in [2.05, 4.69) is 45.0 Å². The second-order valence-electron chi connectivity index (χ2n) is 14.8. The van der Waals surface area contributed by atoms with Gasteiger partial charge < -0.3 is 0 Å². The van der Waals surface area contributed by atoms with Crippen LogP contribution < -0.4 is 0 Å². The topological polar surface area (TPSA) is 0 Å². The zero-order valence-corrected chi connectivity index (χ0v) is 21.8. The van der Waals surface area contributed by atoms with Gasteiger partial charge in [-0.25, -0.2) is 0 Å². The molecule has 0 aliphatic heterocycles. The van der Waals surface area contributed by atoms with Crippen molar-refractivity contribution in [2.45, 2.75) is 120 Å². The standard InChI is InChI=1S/C31H45P/c1-29(2,3)28-6-4-5-21(13-28)20-32(30-14-22-7-23(15-30)9-24(8-22)16-30)31-17-25-10-26(18-31)12-27(11-25)19-31/h4-6,13,22-27H,7-12,14-20H2,1-3H3. The summed E-state index contributed by atoms with van der Waals surface area (Å²) in [5, 5.41) is 1.51. The van der Waals surface area contributed by atoms with Crippen LogP contribution in [0.3, 0.4) is 0 Å². The minimum Gasteiger partial charge on any atom is -0.0894 e. The van der Waals surface area contributed by atoms with Crippen LogP contribution in [0, 0.1) is 35.5 Å². The highest BCUT2D eigenvalue weighted by Gasteiger charge is 2.62. The molecule has 32 heavy (non-hydrogen) atoms. The van der Waals surface area contributed by atoms with Crippen molar-refractivity contribution in [3.8, 4) is 0 Å². The molecule has 9 rings (SSSR count). The fourth-order valence-corrected chi connectivity index (χ4v) is 16.1. The molecule has 0 radical (unpaired) electrons.